The molecule has 1 unspecified atom stereocenters. The summed E-state index contributed by atoms with van der Waals surface area (Å²) in [5.74, 6) is -0.446. The number of hydrogen-bond donors (Lipinski definition) is 0. The highest BCUT2D eigenvalue weighted by Gasteiger charge is 2.40. The van der Waals surface area contributed by atoms with Gasteiger partial charge in [0.15, 0.2) is 4.80 Å². The van der Waals surface area contributed by atoms with Crippen molar-refractivity contribution in [1.29, 1.82) is 0 Å². The van der Waals surface area contributed by atoms with Crippen molar-refractivity contribution in [3.8, 4) is 0 Å². The molecular formula is C19H18ClN3O3S3. The molecule has 1 aliphatic heterocycles. The maximum Gasteiger partial charge on any atom is 0.266 e. The molecule has 4 rings (SSSR count). The second-order valence-corrected chi connectivity index (χ2v) is 11.4. The predicted molar refractivity (Wildman–Crippen MR) is 117 cm³/mol. The van der Waals surface area contributed by atoms with Crippen molar-refractivity contribution in [2.24, 2.45) is 4.99 Å². The van der Waals surface area contributed by atoms with E-state index in [0.717, 1.165) is 21.6 Å². The van der Waals surface area contributed by atoms with Gasteiger partial charge in [-0.1, -0.05) is 41.1 Å². The van der Waals surface area contributed by atoms with E-state index >= 15 is 0 Å². The second-order valence-electron chi connectivity index (χ2n) is 6.53. The summed E-state index contributed by atoms with van der Waals surface area (Å²) in [4.78, 5) is 17.9. The van der Waals surface area contributed by atoms with Gasteiger partial charge in [0.05, 0.1) is 14.6 Å². The van der Waals surface area contributed by atoms with Gasteiger partial charge >= 0.3 is 0 Å². The Bertz CT molecular complexity index is 1260. The summed E-state index contributed by atoms with van der Waals surface area (Å²) >= 11 is 8.30. The van der Waals surface area contributed by atoms with Gasteiger partial charge in [-0.2, -0.15) is 9.30 Å². The van der Waals surface area contributed by atoms with Gasteiger partial charge in [0.1, 0.15) is 10.3 Å². The number of fused-ring (bicyclic) bond motifs is 1. The Morgan fingerprint density at radius 2 is 2.07 bits per heavy atom. The monoisotopic (exact) mass is 467 g/mol. The van der Waals surface area contributed by atoms with Crippen LogP contribution in [0.1, 0.15) is 12.8 Å². The Morgan fingerprint density at radius 3 is 2.79 bits per heavy atom. The van der Waals surface area contributed by atoms with Crippen molar-refractivity contribution >= 4 is 60.4 Å². The number of carbonyl (C=O) groups is 1. The summed E-state index contributed by atoms with van der Waals surface area (Å²) in [5.41, 5.74) is 0.966. The highest BCUT2D eigenvalue weighted by atomic mass is 35.5. The number of nitrogens with zero attached hydrogens (tertiary/aromatic N) is 3. The third kappa shape index (κ3) is 3.85. The van der Waals surface area contributed by atoms with E-state index in [1.54, 1.807) is 12.1 Å². The Balaban J connectivity index is 1.72. The molecule has 3 heterocycles. The molecule has 0 radical (unpaired) electrons. The van der Waals surface area contributed by atoms with Gasteiger partial charge in [-0.3, -0.25) is 4.79 Å². The molecule has 1 aromatic carbocycles. The fourth-order valence-corrected chi connectivity index (χ4v) is 7.71. The van der Waals surface area contributed by atoms with Crippen LogP contribution in [0.25, 0.3) is 10.2 Å². The van der Waals surface area contributed by atoms with Crippen molar-refractivity contribution < 1.29 is 13.2 Å². The van der Waals surface area contributed by atoms with E-state index in [0.29, 0.717) is 35.1 Å². The average Bonchev–Trinajstić information content (AvgIpc) is 3.41. The number of benzene rings is 1. The summed E-state index contributed by atoms with van der Waals surface area (Å²) < 4.78 is 30.7. The minimum Gasteiger partial charge on any atom is -0.313 e. The zero-order chi connectivity index (χ0) is 20.6. The molecule has 0 aliphatic carbocycles. The Kier molecular flexibility index (Phi) is 5.76. The van der Waals surface area contributed by atoms with Crippen LogP contribution >= 0.6 is 34.3 Å². The van der Waals surface area contributed by atoms with Crippen LogP contribution in [0, 0.1) is 0 Å². The molecule has 0 N–H and O–H groups in total. The molecule has 0 bridgehead atoms. The topological polar surface area (TPSA) is 71.7 Å². The van der Waals surface area contributed by atoms with E-state index in [9.17, 15) is 13.2 Å². The van der Waals surface area contributed by atoms with Gasteiger partial charge in [0, 0.05) is 13.1 Å². The molecule has 0 saturated carbocycles. The first-order valence-corrected chi connectivity index (χ1v) is 12.4. The number of allylic oxidation sites excluding steroid dienone is 1. The van der Waals surface area contributed by atoms with E-state index in [4.69, 9.17) is 11.6 Å². The van der Waals surface area contributed by atoms with Crippen molar-refractivity contribution in [1.82, 2.24) is 8.87 Å². The Hall–Kier alpha value is -1.78. The average molecular weight is 468 g/mol. The van der Waals surface area contributed by atoms with Crippen LogP contribution < -0.4 is 4.80 Å². The number of halogens is 1. The first-order valence-electron chi connectivity index (χ1n) is 8.97. The smallest absolute Gasteiger partial charge is 0.266 e. The van der Waals surface area contributed by atoms with E-state index < -0.39 is 22.0 Å². The number of thiophene rings is 1. The number of hydrogen-bond acceptors (Lipinski definition) is 5. The standard InChI is InChI=1S/C19H18ClN3O3S3/c1-2-11-22-13-6-3-4-8-15(13)27-19(22)21-18(24)14-7-5-12-23(14)29(25,26)17-10-9-16(20)28-17/h2-4,6,8-10,14H,1,5,7,11-12H2. The number of para-hydroxylation sites is 1. The zero-order valence-corrected chi connectivity index (χ0v) is 18.5. The van der Waals surface area contributed by atoms with Gasteiger partial charge < -0.3 is 4.57 Å². The zero-order valence-electron chi connectivity index (χ0n) is 15.3. The maximum atomic E-state index is 13.0. The molecule has 0 spiro atoms. The van der Waals surface area contributed by atoms with Gasteiger partial charge in [0.25, 0.3) is 15.9 Å². The number of amides is 1. The highest BCUT2D eigenvalue weighted by molar-refractivity contribution is 7.91. The van der Waals surface area contributed by atoms with E-state index in [1.807, 2.05) is 28.8 Å². The van der Waals surface area contributed by atoms with Crippen LogP contribution in [-0.2, 0) is 21.4 Å². The number of aromatic nitrogens is 1. The Labute approximate surface area is 181 Å². The molecule has 29 heavy (non-hydrogen) atoms. The third-order valence-corrected chi connectivity index (χ3v) is 9.37. The minimum atomic E-state index is -3.78. The van der Waals surface area contributed by atoms with Gasteiger partial charge in [-0.05, 0) is 37.1 Å². The molecular weight excluding hydrogens is 450 g/mol. The summed E-state index contributed by atoms with van der Waals surface area (Å²) in [7, 11) is -3.78. The number of carbonyl (C=O) groups excluding carboxylic acids is 1. The molecule has 2 aromatic heterocycles. The Morgan fingerprint density at radius 1 is 1.28 bits per heavy atom. The molecule has 1 amide bonds. The third-order valence-electron chi connectivity index (χ3n) is 4.71. The van der Waals surface area contributed by atoms with E-state index in [1.165, 1.54) is 21.7 Å². The summed E-state index contributed by atoms with van der Waals surface area (Å²) in [5, 5.41) is 0. The number of thiazole rings is 1. The van der Waals surface area contributed by atoms with Crippen LogP contribution in [-0.4, -0.2) is 35.8 Å². The van der Waals surface area contributed by atoms with Crippen LogP contribution in [0.3, 0.4) is 0 Å². The van der Waals surface area contributed by atoms with Crippen molar-refractivity contribution in [2.75, 3.05) is 6.54 Å². The van der Waals surface area contributed by atoms with Crippen LogP contribution in [0.4, 0.5) is 0 Å². The van der Waals surface area contributed by atoms with Crippen LogP contribution in [0.2, 0.25) is 4.34 Å². The van der Waals surface area contributed by atoms with Crippen LogP contribution in [0.5, 0.6) is 0 Å². The summed E-state index contributed by atoms with van der Waals surface area (Å²) in [6.07, 6.45) is 2.81. The molecule has 3 aromatic rings. The quantitative estimate of drug-likeness (QED) is 0.534. The van der Waals surface area contributed by atoms with E-state index in [-0.39, 0.29) is 4.21 Å². The van der Waals surface area contributed by atoms with Crippen molar-refractivity contribution in [3.63, 3.8) is 0 Å². The largest absolute Gasteiger partial charge is 0.313 e. The summed E-state index contributed by atoms with van der Waals surface area (Å²) in [6.45, 7) is 4.58. The lowest BCUT2D eigenvalue weighted by atomic mass is 10.2. The highest BCUT2D eigenvalue weighted by Crippen LogP contribution is 2.32. The fourth-order valence-electron chi connectivity index (χ4n) is 3.41. The second kappa shape index (κ2) is 8.16. The van der Waals surface area contributed by atoms with Crippen molar-refractivity contribution in [2.45, 2.75) is 29.6 Å². The predicted octanol–water partition coefficient (Wildman–Crippen LogP) is 3.88. The molecule has 152 valence electrons. The molecule has 10 heteroatoms. The number of rotatable bonds is 5. The minimum absolute atomic E-state index is 0.144. The molecule has 1 fully saturated rings. The molecule has 1 atom stereocenters. The van der Waals surface area contributed by atoms with Crippen molar-refractivity contribution in [3.05, 3.63) is 58.2 Å². The first-order chi connectivity index (χ1) is 13.9. The molecule has 1 aliphatic rings. The lowest BCUT2D eigenvalue weighted by molar-refractivity contribution is -0.121. The van der Waals surface area contributed by atoms with Gasteiger partial charge in [-0.25, -0.2) is 8.42 Å². The lowest BCUT2D eigenvalue weighted by Gasteiger charge is -2.20. The molecule has 6 nitrogen and oxygen atoms in total. The number of sulfonamides is 1. The fraction of sp³-hybridized carbons (Fsp3) is 0.263. The SMILES string of the molecule is C=CCn1c(=NC(=O)C2CCCN2S(=O)(=O)c2ccc(Cl)s2)sc2ccccc21. The maximum absolute atomic E-state index is 13.0. The summed E-state index contributed by atoms with van der Waals surface area (Å²) in [6, 6.07) is 10.0. The lowest BCUT2D eigenvalue weighted by Crippen LogP contribution is -2.40. The van der Waals surface area contributed by atoms with Gasteiger partial charge in [-0.15, -0.1) is 17.9 Å². The van der Waals surface area contributed by atoms with E-state index in [2.05, 4.69) is 11.6 Å². The normalized spacial score (nSPS) is 18.5. The van der Waals surface area contributed by atoms with Gasteiger partial charge in [0.2, 0.25) is 0 Å². The van der Waals surface area contributed by atoms with Crippen LogP contribution in [0.15, 0.2) is 58.3 Å². The first kappa shape index (κ1) is 20.5. The molecule has 1 saturated heterocycles.